The van der Waals surface area contributed by atoms with E-state index in [1.54, 1.807) is 0 Å². The maximum Gasteiger partial charge on any atom is -0.0388 e. The van der Waals surface area contributed by atoms with Gasteiger partial charge in [0.15, 0.2) is 0 Å². The summed E-state index contributed by atoms with van der Waals surface area (Å²) >= 11 is 0. The molecule has 3 atom stereocenters. The second kappa shape index (κ2) is 10.2. The Kier molecular flexibility index (Phi) is 10.2. The molecule has 0 bridgehead atoms. The molecule has 3 unspecified atom stereocenters. The molecule has 0 heteroatoms. The normalized spacial score (nSPS) is 17.1. The first-order valence-electron chi connectivity index (χ1n) is 7.65. The Bertz CT molecular complexity index is 139. The minimum Gasteiger partial charge on any atom is -0.0654 e. The van der Waals surface area contributed by atoms with Gasteiger partial charge >= 0.3 is 0 Å². The molecule has 0 aromatic heterocycles. The zero-order valence-electron chi connectivity index (χ0n) is 12.4. The molecule has 16 heavy (non-hydrogen) atoms. The molecular weight excluding hydrogens is 192 g/mol. The van der Waals surface area contributed by atoms with E-state index in [1.807, 2.05) is 0 Å². The first-order valence-corrected chi connectivity index (χ1v) is 7.65. The third-order valence-electron chi connectivity index (χ3n) is 3.95. The summed E-state index contributed by atoms with van der Waals surface area (Å²) in [6.45, 7) is 11.9. The highest BCUT2D eigenvalue weighted by atomic mass is 14.2. The van der Waals surface area contributed by atoms with E-state index in [0.717, 1.165) is 17.8 Å². The van der Waals surface area contributed by atoms with E-state index in [-0.39, 0.29) is 0 Å². The quantitative estimate of drug-likeness (QED) is 0.425. The number of hydrogen-bond donors (Lipinski definition) is 0. The van der Waals surface area contributed by atoms with Gasteiger partial charge < -0.3 is 0 Å². The molecule has 0 aromatic rings. The van der Waals surface area contributed by atoms with E-state index in [2.05, 4.69) is 34.6 Å². The van der Waals surface area contributed by atoms with Crippen molar-refractivity contribution in [3.05, 3.63) is 0 Å². The Morgan fingerprint density at radius 1 is 0.750 bits per heavy atom. The van der Waals surface area contributed by atoms with Gasteiger partial charge in [-0.1, -0.05) is 79.6 Å². The van der Waals surface area contributed by atoms with Crippen molar-refractivity contribution in [3.63, 3.8) is 0 Å². The molecule has 0 saturated carbocycles. The van der Waals surface area contributed by atoms with Gasteiger partial charge in [-0.15, -0.1) is 0 Å². The Morgan fingerprint density at radius 2 is 1.38 bits per heavy atom. The van der Waals surface area contributed by atoms with E-state index in [0.29, 0.717) is 0 Å². The van der Waals surface area contributed by atoms with Crippen molar-refractivity contribution in [1.29, 1.82) is 0 Å². The molecule has 0 amide bonds. The zero-order valence-corrected chi connectivity index (χ0v) is 12.4. The van der Waals surface area contributed by atoms with E-state index in [1.165, 1.54) is 51.4 Å². The van der Waals surface area contributed by atoms with Crippen molar-refractivity contribution in [3.8, 4) is 0 Å². The minimum atomic E-state index is 0.931. The van der Waals surface area contributed by atoms with Crippen molar-refractivity contribution in [2.24, 2.45) is 17.8 Å². The number of rotatable bonds is 10. The van der Waals surface area contributed by atoms with Gasteiger partial charge in [-0.25, -0.2) is 0 Å². The molecule has 0 fully saturated rings. The van der Waals surface area contributed by atoms with E-state index in [4.69, 9.17) is 0 Å². The smallest absolute Gasteiger partial charge is 0.0388 e. The Labute approximate surface area is 104 Å². The molecule has 0 N–H and O–H groups in total. The summed E-state index contributed by atoms with van der Waals surface area (Å²) in [5, 5.41) is 0. The second-order valence-electron chi connectivity index (χ2n) is 5.80. The molecule has 0 spiro atoms. The molecule has 98 valence electrons. The van der Waals surface area contributed by atoms with Crippen molar-refractivity contribution in [2.75, 3.05) is 0 Å². The maximum atomic E-state index is 2.49. The van der Waals surface area contributed by atoms with Crippen LogP contribution in [0.5, 0.6) is 0 Å². The van der Waals surface area contributed by atoms with Gasteiger partial charge in [0, 0.05) is 0 Å². The molecule has 0 aromatic carbocycles. The standard InChI is InChI=1S/C16H34/c1-6-9-12-16(11-8-3)15(5)13-14(4)10-7-2/h14-16H,6-13H2,1-5H3. The van der Waals surface area contributed by atoms with Gasteiger partial charge in [0.1, 0.15) is 0 Å². The fourth-order valence-electron chi connectivity index (χ4n) is 2.99. The molecule has 0 aliphatic rings. The second-order valence-corrected chi connectivity index (χ2v) is 5.80. The fourth-order valence-corrected chi connectivity index (χ4v) is 2.99. The van der Waals surface area contributed by atoms with E-state index < -0.39 is 0 Å². The van der Waals surface area contributed by atoms with Crippen LogP contribution < -0.4 is 0 Å². The van der Waals surface area contributed by atoms with Crippen LogP contribution in [0.15, 0.2) is 0 Å². The van der Waals surface area contributed by atoms with Crippen LogP contribution in [0.1, 0.15) is 86.0 Å². The summed E-state index contributed by atoms with van der Waals surface area (Å²) in [6.07, 6.45) is 11.3. The monoisotopic (exact) mass is 226 g/mol. The molecular formula is C16H34. The lowest BCUT2D eigenvalue weighted by atomic mass is 9.80. The Morgan fingerprint density at radius 3 is 1.88 bits per heavy atom. The summed E-state index contributed by atoms with van der Waals surface area (Å²) in [5.41, 5.74) is 0. The number of unbranched alkanes of at least 4 members (excludes halogenated alkanes) is 1. The molecule has 0 heterocycles. The van der Waals surface area contributed by atoms with Crippen LogP contribution in [0.3, 0.4) is 0 Å². The lowest BCUT2D eigenvalue weighted by Gasteiger charge is -2.26. The molecule has 0 aliphatic heterocycles. The van der Waals surface area contributed by atoms with Gasteiger partial charge in [0.25, 0.3) is 0 Å². The molecule has 0 nitrogen and oxygen atoms in total. The van der Waals surface area contributed by atoms with Crippen LogP contribution >= 0.6 is 0 Å². The molecule has 0 rings (SSSR count). The summed E-state index contributed by atoms with van der Waals surface area (Å²) in [4.78, 5) is 0. The minimum absolute atomic E-state index is 0.931. The predicted octanol–water partition coefficient (Wildman–Crippen LogP) is 6.06. The van der Waals surface area contributed by atoms with Gasteiger partial charge in [-0.05, 0) is 24.2 Å². The maximum absolute atomic E-state index is 2.49. The first kappa shape index (κ1) is 16.0. The summed E-state index contributed by atoms with van der Waals surface area (Å²) < 4.78 is 0. The molecule has 0 saturated heterocycles. The molecule has 0 aliphatic carbocycles. The lowest BCUT2D eigenvalue weighted by Crippen LogP contribution is -2.15. The van der Waals surface area contributed by atoms with Gasteiger partial charge in [-0.3, -0.25) is 0 Å². The van der Waals surface area contributed by atoms with Crippen LogP contribution in [-0.4, -0.2) is 0 Å². The highest BCUT2D eigenvalue weighted by Gasteiger charge is 2.18. The van der Waals surface area contributed by atoms with Crippen LogP contribution in [0.25, 0.3) is 0 Å². The number of hydrogen-bond acceptors (Lipinski definition) is 0. The highest BCUT2D eigenvalue weighted by molar-refractivity contribution is 4.69. The Balaban J connectivity index is 3.98. The lowest BCUT2D eigenvalue weighted by molar-refractivity contribution is 0.254. The zero-order chi connectivity index (χ0) is 12.4. The third-order valence-corrected chi connectivity index (χ3v) is 3.95. The van der Waals surface area contributed by atoms with Crippen molar-refractivity contribution >= 4 is 0 Å². The van der Waals surface area contributed by atoms with Crippen LogP contribution in [0.4, 0.5) is 0 Å². The van der Waals surface area contributed by atoms with Crippen molar-refractivity contribution in [2.45, 2.75) is 86.0 Å². The SMILES string of the molecule is CCCCC(CCC)C(C)CC(C)CCC. The van der Waals surface area contributed by atoms with Crippen LogP contribution in [0.2, 0.25) is 0 Å². The van der Waals surface area contributed by atoms with Gasteiger partial charge in [0.2, 0.25) is 0 Å². The summed E-state index contributed by atoms with van der Waals surface area (Å²) in [6, 6.07) is 0. The first-order chi connectivity index (χ1) is 7.65. The average molecular weight is 226 g/mol. The van der Waals surface area contributed by atoms with Crippen molar-refractivity contribution < 1.29 is 0 Å². The Hall–Kier alpha value is 0. The fraction of sp³-hybridized carbons (Fsp3) is 1.00. The average Bonchev–Trinajstić information content (AvgIpc) is 2.24. The largest absolute Gasteiger partial charge is 0.0654 e. The third kappa shape index (κ3) is 7.30. The van der Waals surface area contributed by atoms with E-state index >= 15 is 0 Å². The van der Waals surface area contributed by atoms with Crippen LogP contribution in [0, 0.1) is 17.8 Å². The molecule has 0 radical (unpaired) electrons. The summed E-state index contributed by atoms with van der Waals surface area (Å²) in [5.74, 6) is 2.86. The van der Waals surface area contributed by atoms with Crippen molar-refractivity contribution in [1.82, 2.24) is 0 Å². The summed E-state index contributed by atoms with van der Waals surface area (Å²) in [7, 11) is 0. The topological polar surface area (TPSA) is 0 Å². The predicted molar refractivity (Wildman–Crippen MR) is 75.8 cm³/mol. The van der Waals surface area contributed by atoms with Gasteiger partial charge in [0.05, 0.1) is 0 Å². The van der Waals surface area contributed by atoms with E-state index in [9.17, 15) is 0 Å². The van der Waals surface area contributed by atoms with Crippen LogP contribution in [-0.2, 0) is 0 Å². The van der Waals surface area contributed by atoms with Gasteiger partial charge in [-0.2, -0.15) is 0 Å². The highest BCUT2D eigenvalue weighted by Crippen LogP contribution is 2.29.